The molecular formula is C22H35N5O. The minimum absolute atomic E-state index is 0.0536. The van der Waals surface area contributed by atoms with Gasteiger partial charge in [0.1, 0.15) is 0 Å². The molecule has 2 aromatic heterocycles. The Balaban J connectivity index is 1.45. The zero-order valence-corrected chi connectivity index (χ0v) is 17.9. The van der Waals surface area contributed by atoms with Crippen molar-refractivity contribution < 1.29 is 0 Å². The summed E-state index contributed by atoms with van der Waals surface area (Å²) < 4.78 is 1.64. The number of likely N-dealkylation sites (tertiary alicyclic amines) is 2. The topological polar surface area (TPSA) is 56.6 Å². The van der Waals surface area contributed by atoms with E-state index in [-0.39, 0.29) is 5.56 Å². The van der Waals surface area contributed by atoms with Gasteiger partial charge in [-0.15, -0.1) is 0 Å². The monoisotopic (exact) mass is 385 g/mol. The Bertz CT molecular complexity index is 890. The van der Waals surface area contributed by atoms with Crippen molar-refractivity contribution in [3.05, 3.63) is 33.4 Å². The molecule has 0 saturated carbocycles. The Labute approximate surface area is 167 Å². The number of fused-ring (bicyclic) bond motifs is 1. The van der Waals surface area contributed by atoms with Crippen LogP contribution in [0.1, 0.15) is 62.9 Å². The van der Waals surface area contributed by atoms with Gasteiger partial charge in [0, 0.05) is 48.6 Å². The third-order valence-electron chi connectivity index (χ3n) is 6.50. The Hall–Kier alpha value is -1.66. The number of nitrogens with zero attached hydrogens (tertiary/aromatic N) is 4. The number of aromatic nitrogens is 3. The lowest BCUT2D eigenvalue weighted by Crippen LogP contribution is -2.40. The highest BCUT2D eigenvalue weighted by Crippen LogP contribution is 2.30. The normalized spacial score (nSPS) is 21.9. The summed E-state index contributed by atoms with van der Waals surface area (Å²) in [6.45, 7) is 15.8. The summed E-state index contributed by atoms with van der Waals surface area (Å²) in [6, 6.07) is 2.08. The van der Waals surface area contributed by atoms with Gasteiger partial charge >= 0.3 is 0 Å². The van der Waals surface area contributed by atoms with E-state index < -0.39 is 0 Å². The number of nitrogens with one attached hydrogen (secondary N) is 1. The van der Waals surface area contributed by atoms with Crippen molar-refractivity contribution in [1.82, 2.24) is 24.4 Å². The molecule has 2 saturated heterocycles. The van der Waals surface area contributed by atoms with Gasteiger partial charge in [-0.05, 0) is 57.7 Å². The van der Waals surface area contributed by atoms with Crippen molar-refractivity contribution in [3.63, 3.8) is 0 Å². The van der Waals surface area contributed by atoms with Crippen LogP contribution in [-0.4, -0.2) is 63.7 Å². The molecule has 1 N–H and O–H groups in total. The molecule has 0 amide bonds. The first kappa shape index (κ1) is 19.6. The summed E-state index contributed by atoms with van der Waals surface area (Å²) in [5.41, 5.74) is 3.93. The lowest BCUT2D eigenvalue weighted by molar-refractivity contribution is 0.148. The number of hydrogen-bond acceptors (Lipinski definition) is 4. The van der Waals surface area contributed by atoms with Gasteiger partial charge in [0.15, 0.2) is 5.65 Å². The van der Waals surface area contributed by atoms with E-state index in [0.29, 0.717) is 11.3 Å². The molecule has 6 heteroatoms. The summed E-state index contributed by atoms with van der Waals surface area (Å²) in [5, 5.41) is 3.36. The van der Waals surface area contributed by atoms with E-state index in [4.69, 9.17) is 0 Å². The molecule has 0 unspecified atom stereocenters. The molecule has 2 fully saturated rings. The fraction of sp³-hybridized carbons (Fsp3) is 0.727. The Kier molecular flexibility index (Phi) is 5.36. The highest BCUT2D eigenvalue weighted by Gasteiger charge is 2.31. The van der Waals surface area contributed by atoms with Gasteiger partial charge in [0.25, 0.3) is 5.56 Å². The third kappa shape index (κ3) is 3.90. The van der Waals surface area contributed by atoms with E-state index in [9.17, 15) is 4.79 Å². The largest absolute Gasteiger partial charge is 0.303 e. The molecule has 4 rings (SSSR count). The Morgan fingerprint density at radius 2 is 1.89 bits per heavy atom. The molecule has 154 valence electrons. The van der Waals surface area contributed by atoms with Crippen molar-refractivity contribution in [2.24, 2.45) is 5.41 Å². The smallest absolute Gasteiger partial charge is 0.276 e. The predicted molar refractivity (Wildman–Crippen MR) is 113 cm³/mol. The SMILES string of the molecule is CCc1c(C)nc2cc([C@@H]3CCN(CC(C)(C)CN4CCCC4)C3)[nH]n2c1=O. The van der Waals surface area contributed by atoms with Gasteiger partial charge in [0.2, 0.25) is 0 Å². The van der Waals surface area contributed by atoms with Gasteiger partial charge in [-0.3, -0.25) is 9.89 Å². The molecular weight excluding hydrogens is 350 g/mol. The average molecular weight is 386 g/mol. The van der Waals surface area contributed by atoms with E-state index in [0.717, 1.165) is 55.1 Å². The van der Waals surface area contributed by atoms with Gasteiger partial charge in [-0.2, -0.15) is 0 Å². The van der Waals surface area contributed by atoms with Gasteiger partial charge in [-0.1, -0.05) is 20.8 Å². The molecule has 2 aliphatic heterocycles. The zero-order chi connectivity index (χ0) is 19.9. The van der Waals surface area contributed by atoms with Crippen LogP contribution in [0.4, 0.5) is 0 Å². The molecule has 0 spiro atoms. The first-order valence-electron chi connectivity index (χ1n) is 10.9. The second-order valence-electron chi connectivity index (χ2n) is 9.61. The first-order chi connectivity index (χ1) is 13.4. The van der Waals surface area contributed by atoms with Crippen molar-refractivity contribution >= 4 is 5.65 Å². The second kappa shape index (κ2) is 7.64. The molecule has 1 atom stereocenters. The van der Waals surface area contributed by atoms with Crippen molar-refractivity contribution in [2.45, 2.75) is 59.3 Å². The van der Waals surface area contributed by atoms with E-state index in [1.165, 1.54) is 32.5 Å². The summed E-state index contributed by atoms with van der Waals surface area (Å²) in [7, 11) is 0. The molecule has 6 nitrogen and oxygen atoms in total. The molecule has 28 heavy (non-hydrogen) atoms. The van der Waals surface area contributed by atoms with Gasteiger partial charge < -0.3 is 9.80 Å². The minimum Gasteiger partial charge on any atom is -0.303 e. The number of rotatable bonds is 6. The molecule has 4 heterocycles. The van der Waals surface area contributed by atoms with Crippen LogP contribution in [-0.2, 0) is 6.42 Å². The van der Waals surface area contributed by atoms with E-state index in [2.05, 4.69) is 39.8 Å². The summed E-state index contributed by atoms with van der Waals surface area (Å²) in [6.07, 6.45) is 4.57. The fourth-order valence-corrected chi connectivity index (χ4v) is 5.24. The highest BCUT2D eigenvalue weighted by atomic mass is 16.1. The quantitative estimate of drug-likeness (QED) is 0.831. The van der Waals surface area contributed by atoms with E-state index >= 15 is 0 Å². The second-order valence-corrected chi connectivity index (χ2v) is 9.61. The zero-order valence-electron chi connectivity index (χ0n) is 17.9. The van der Waals surface area contributed by atoms with E-state index in [1.807, 2.05) is 13.8 Å². The molecule has 0 aromatic carbocycles. The number of H-pyrrole nitrogens is 1. The molecule has 0 bridgehead atoms. The molecule has 2 aliphatic rings. The van der Waals surface area contributed by atoms with Gasteiger partial charge in [0.05, 0.1) is 0 Å². The van der Waals surface area contributed by atoms with Crippen LogP contribution < -0.4 is 5.56 Å². The maximum atomic E-state index is 12.7. The lowest BCUT2D eigenvalue weighted by Gasteiger charge is -2.34. The van der Waals surface area contributed by atoms with Crippen LogP contribution in [0.2, 0.25) is 0 Å². The number of aromatic amines is 1. The molecule has 0 aliphatic carbocycles. The van der Waals surface area contributed by atoms with Crippen LogP contribution in [0.15, 0.2) is 10.9 Å². The Morgan fingerprint density at radius 3 is 2.61 bits per heavy atom. The highest BCUT2D eigenvalue weighted by molar-refractivity contribution is 5.42. The van der Waals surface area contributed by atoms with Crippen LogP contribution in [0.25, 0.3) is 5.65 Å². The maximum absolute atomic E-state index is 12.7. The Morgan fingerprint density at radius 1 is 1.18 bits per heavy atom. The summed E-state index contributed by atoms with van der Waals surface area (Å²) in [4.78, 5) is 22.6. The van der Waals surface area contributed by atoms with Crippen LogP contribution >= 0.6 is 0 Å². The lowest BCUT2D eigenvalue weighted by atomic mass is 9.92. The number of aryl methyl sites for hydroxylation is 1. The van der Waals surface area contributed by atoms with E-state index in [1.54, 1.807) is 4.52 Å². The summed E-state index contributed by atoms with van der Waals surface area (Å²) >= 11 is 0. The first-order valence-corrected chi connectivity index (χ1v) is 10.9. The predicted octanol–water partition coefficient (Wildman–Crippen LogP) is 2.80. The van der Waals surface area contributed by atoms with Crippen LogP contribution in [0, 0.1) is 12.3 Å². The molecule has 0 radical (unpaired) electrons. The fourth-order valence-electron chi connectivity index (χ4n) is 5.24. The standard InChI is InChI=1S/C22H35N5O/c1-5-18-16(2)23-20-12-19(24-27(20)21(18)28)17-8-11-26(13-17)15-22(3,4)14-25-9-6-7-10-25/h12,17,24H,5-11,13-15H2,1-4H3/t17-/m1/s1. The van der Waals surface area contributed by atoms with Crippen LogP contribution in [0.5, 0.6) is 0 Å². The van der Waals surface area contributed by atoms with Gasteiger partial charge in [-0.25, -0.2) is 9.50 Å². The van der Waals surface area contributed by atoms with Crippen molar-refractivity contribution in [1.29, 1.82) is 0 Å². The summed E-state index contributed by atoms with van der Waals surface area (Å²) in [5.74, 6) is 0.453. The van der Waals surface area contributed by atoms with Crippen LogP contribution in [0.3, 0.4) is 0 Å². The maximum Gasteiger partial charge on any atom is 0.276 e. The minimum atomic E-state index is 0.0536. The molecule has 2 aromatic rings. The average Bonchev–Trinajstić information content (AvgIpc) is 3.35. The van der Waals surface area contributed by atoms with Crippen molar-refractivity contribution in [3.8, 4) is 0 Å². The third-order valence-corrected chi connectivity index (χ3v) is 6.50. The number of hydrogen-bond donors (Lipinski definition) is 1. The van der Waals surface area contributed by atoms with Crippen molar-refractivity contribution in [2.75, 3.05) is 39.3 Å².